The summed E-state index contributed by atoms with van der Waals surface area (Å²) in [6.45, 7) is 0.253. The normalized spacial score (nSPS) is 16.0. The van der Waals surface area contributed by atoms with Crippen LogP contribution in [0.2, 0.25) is 0 Å². The average Bonchev–Trinajstić information content (AvgIpc) is 2.46. The van der Waals surface area contributed by atoms with Crippen LogP contribution in [-0.2, 0) is 10.0 Å². The molecule has 1 aromatic rings. The van der Waals surface area contributed by atoms with Gasteiger partial charge in [0.05, 0.1) is 18.0 Å². The van der Waals surface area contributed by atoms with Gasteiger partial charge in [0.2, 0.25) is 10.0 Å². The second-order valence-corrected chi connectivity index (χ2v) is 7.21. The molecule has 1 saturated carbocycles. The SMILES string of the molecule is NCC#Cc1ccccc1NS(=O)(=O)CC1CCCCC1. The highest BCUT2D eigenvalue weighted by atomic mass is 32.2. The van der Waals surface area contributed by atoms with Crippen molar-refractivity contribution in [2.45, 2.75) is 32.1 Å². The lowest BCUT2D eigenvalue weighted by Crippen LogP contribution is -2.24. The van der Waals surface area contributed by atoms with Crippen molar-refractivity contribution in [3.05, 3.63) is 29.8 Å². The second kappa shape index (κ2) is 7.48. The summed E-state index contributed by atoms with van der Waals surface area (Å²) in [5, 5.41) is 0. The van der Waals surface area contributed by atoms with Crippen LogP contribution in [-0.4, -0.2) is 20.7 Å². The molecule has 2 rings (SSSR count). The smallest absolute Gasteiger partial charge is 0.233 e. The number of rotatable bonds is 4. The molecule has 1 aliphatic carbocycles. The largest absolute Gasteiger partial charge is 0.320 e. The lowest BCUT2D eigenvalue weighted by Gasteiger charge is -2.21. The first-order chi connectivity index (χ1) is 10.1. The van der Waals surface area contributed by atoms with Crippen LogP contribution in [0.4, 0.5) is 5.69 Å². The van der Waals surface area contributed by atoms with E-state index in [-0.39, 0.29) is 18.2 Å². The summed E-state index contributed by atoms with van der Waals surface area (Å²) < 4.78 is 27.3. The zero-order valence-corrected chi connectivity index (χ0v) is 13.0. The standard InChI is InChI=1S/C16H22N2O2S/c17-12-6-10-15-9-4-5-11-16(15)18-21(19,20)13-14-7-2-1-3-8-14/h4-5,9,11,14,18H,1-3,7-8,12-13,17H2. The molecule has 0 unspecified atom stereocenters. The first kappa shape index (κ1) is 15.9. The van der Waals surface area contributed by atoms with Crippen LogP contribution in [0.25, 0.3) is 0 Å². The number of para-hydroxylation sites is 1. The fraction of sp³-hybridized carbons (Fsp3) is 0.500. The van der Waals surface area contributed by atoms with Crippen LogP contribution in [0.3, 0.4) is 0 Å². The van der Waals surface area contributed by atoms with Gasteiger partial charge in [0.25, 0.3) is 0 Å². The van der Waals surface area contributed by atoms with Crippen LogP contribution in [0.5, 0.6) is 0 Å². The quantitative estimate of drug-likeness (QED) is 0.839. The van der Waals surface area contributed by atoms with Gasteiger partial charge < -0.3 is 5.73 Å². The Morgan fingerprint density at radius 1 is 1.19 bits per heavy atom. The molecule has 1 aromatic carbocycles. The highest BCUT2D eigenvalue weighted by Crippen LogP contribution is 2.25. The molecule has 0 aliphatic heterocycles. The Morgan fingerprint density at radius 2 is 1.90 bits per heavy atom. The summed E-state index contributed by atoms with van der Waals surface area (Å²) in [6, 6.07) is 7.16. The third-order valence-electron chi connectivity index (χ3n) is 3.70. The molecular formula is C16H22N2O2S. The van der Waals surface area contributed by atoms with Gasteiger partial charge in [-0.1, -0.05) is 43.2 Å². The monoisotopic (exact) mass is 306 g/mol. The van der Waals surface area contributed by atoms with Crippen molar-refractivity contribution in [2.24, 2.45) is 11.7 Å². The van der Waals surface area contributed by atoms with Crippen molar-refractivity contribution in [3.63, 3.8) is 0 Å². The van der Waals surface area contributed by atoms with E-state index in [2.05, 4.69) is 16.6 Å². The number of nitrogens with one attached hydrogen (secondary N) is 1. The minimum Gasteiger partial charge on any atom is -0.320 e. The van der Waals surface area contributed by atoms with Crippen LogP contribution in [0, 0.1) is 17.8 Å². The van der Waals surface area contributed by atoms with E-state index in [9.17, 15) is 8.42 Å². The predicted molar refractivity (Wildman–Crippen MR) is 86.4 cm³/mol. The number of nitrogens with two attached hydrogens (primary N) is 1. The van der Waals surface area contributed by atoms with Gasteiger partial charge >= 0.3 is 0 Å². The lowest BCUT2D eigenvalue weighted by molar-refractivity contribution is 0.385. The van der Waals surface area contributed by atoms with E-state index in [1.54, 1.807) is 18.2 Å². The Kier molecular flexibility index (Phi) is 5.66. The van der Waals surface area contributed by atoms with E-state index in [0.29, 0.717) is 11.3 Å². The number of hydrogen-bond donors (Lipinski definition) is 2. The van der Waals surface area contributed by atoms with Crippen LogP contribution in [0.1, 0.15) is 37.7 Å². The van der Waals surface area contributed by atoms with Gasteiger partial charge in [0.15, 0.2) is 0 Å². The Hall–Kier alpha value is -1.51. The number of benzene rings is 1. The zero-order chi connectivity index (χ0) is 15.1. The van der Waals surface area contributed by atoms with E-state index in [0.717, 1.165) is 25.7 Å². The summed E-state index contributed by atoms with van der Waals surface area (Å²) >= 11 is 0. The number of sulfonamides is 1. The van der Waals surface area contributed by atoms with E-state index in [4.69, 9.17) is 5.73 Å². The molecule has 0 radical (unpaired) electrons. The second-order valence-electron chi connectivity index (χ2n) is 5.44. The van der Waals surface area contributed by atoms with Crippen LogP contribution < -0.4 is 10.5 Å². The molecule has 1 fully saturated rings. The third kappa shape index (κ3) is 5.07. The van der Waals surface area contributed by atoms with Crippen molar-refractivity contribution >= 4 is 15.7 Å². The van der Waals surface area contributed by atoms with Crippen LogP contribution >= 0.6 is 0 Å². The summed E-state index contributed by atoms with van der Waals surface area (Å²) in [5.74, 6) is 6.13. The molecule has 3 N–H and O–H groups in total. The molecule has 0 amide bonds. The minimum absolute atomic E-state index is 0.200. The molecule has 0 saturated heterocycles. The Bertz CT molecular complexity index is 623. The van der Waals surface area contributed by atoms with E-state index in [1.165, 1.54) is 6.42 Å². The van der Waals surface area contributed by atoms with Gasteiger partial charge in [-0.2, -0.15) is 0 Å². The lowest BCUT2D eigenvalue weighted by atomic mass is 9.91. The number of anilines is 1. The third-order valence-corrected chi connectivity index (χ3v) is 5.14. The highest BCUT2D eigenvalue weighted by Gasteiger charge is 2.21. The van der Waals surface area contributed by atoms with Crippen molar-refractivity contribution in [3.8, 4) is 11.8 Å². The maximum absolute atomic E-state index is 12.3. The Morgan fingerprint density at radius 3 is 2.62 bits per heavy atom. The van der Waals surface area contributed by atoms with E-state index >= 15 is 0 Å². The molecule has 4 nitrogen and oxygen atoms in total. The topological polar surface area (TPSA) is 72.2 Å². The van der Waals surface area contributed by atoms with Gasteiger partial charge in [-0.3, -0.25) is 4.72 Å². The van der Waals surface area contributed by atoms with Gasteiger partial charge in [-0.05, 0) is 30.9 Å². The first-order valence-corrected chi connectivity index (χ1v) is 9.04. The summed E-state index contributed by atoms with van der Waals surface area (Å²) in [5.41, 5.74) is 6.56. The maximum Gasteiger partial charge on any atom is 0.233 e. The molecule has 5 heteroatoms. The summed E-state index contributed by atoms with van der Waals surface area (Å²) in [6.07, 6.45) is 5.52. The molecule has 114 valence electrons. The molecule has 1 aliphatic rings. The molecule has 0 spiro atoms. The molecule has 0 bridgehead atoms. The first-order valence-electron chi connectivity index (χ1n) is 7.39. The molecular weight excluding hydrogens is 284 g/mol. The average molecular weight is 306 g/mol. The highest BCUT2D eigenvalue weighted by molar-refractivity contribution is 7.92. The minimum atomic E-state index is -3.33. The maximum atomic E-state index is 12.3. The molecule has 0 atom stereocenters. The predicted octanol–water partition coefficient (Wildman–Crippen LogP) is 2.32. The molecule has 0 aromatic heterocycles. The fourth-order valence-corrected chi connectivity index (χ4v) is 4.25. The number of hydrogen-bond acceptors (Lipinski definition) is 3. The zero-order valence-electron chi connectivity index (χ0n) is 12.1. The van der Waals surface area contributed by atoms with Crippen molar-refractivity contribution in [1.29, 1.82) is 0 Å². The van der Waals surface area contributed by atoms with Crippen molar-refractivity contribution in [1.82, 2.24) is 0 Å². The van der Waals surface area contributed by atoms with Gasteiger partial charge in [-0.25, -0.2) is 8.42 Å². The van der Waals surface area contributed by atoms with Gasteiger partial charge in [-0.15, -0.1) is 0 Å². The van der Waals surface area contributed by atoms with Gasteiger partial charge in [0.1, 0.15) is 0 Å². The van der Waals surface area contributed by atoms with Crippen LogP contribution in [0.15, 0.2) is 24.3 Å². The van der Waals surface area contributed by atoms with E-state index in [1.807, 2.05) is 6.07 Å². The Balaban J connectivity index is 2.09. The summed E-state index contributed by atoms with van der Waals surface area (Å²) in [7, 11) is -3.33. The van der Waals surface area contributed by atoms with Crippen molar-refractivity contribution < 1.29 is 8.42 Å². The van der Waals surface area contributed by atoms with E-state index < -0.39 is 10.0 Å². The molecule has 0 heterocycles. The fourth-order valence-electron chi connectivity index (χ4n) is 2.70. The molecule has 21 heavy (non-hydrogen) atoms. The van der Waals surface area contributed by atoms with Gasteiger partial charge in [0, 0.05) is 5.56 Å². The Labute approximate surface area is 127 Å². The summed E-state index contributed by atoms with van der Waals surface area (Å²) in [4.78, 5) is 0. The van der Waals surface area contributed by atoms with Crippen molar-refractivity contribution in [2.75, 3.05) is 17.0 Å².